The molecule has 2 N–H and O–H groups in total. The zero-order chi connectivity index (χ0) is 15.8. The van der Waals surface area contributed by atoms with Gasteiger partial charge in [-0.2, -0.15) is 0 Å². The molecule has 1 amide bonds. The van der Waals surface area contributed by atoms with Gasteiger partial charge in [-0.15, -0.1) is 24.8 Å². The molecule has 0 atom stereocenters. The monoisotopic (exact) mass is 379 g/mol. The molecule has 1 aromatic rings. The van der Waals surface area contributed by atoms with Crippen LogP contribution in [0, 0.1) is 0 Å². The largest absolute Gasteiger partial charge is 0.493 e. The highest BCUT2D eigenvalue weighted by Gasteiger charge is 2.13. The quantitative estimate of drug-likeness (QED) is 0.742. The van der Waals surface area contributed by atoms with Crippen LogP contribution in [0.4, 0.5) is 0 Å². The Balaban J connectivity index is 0.00000264. The lowest BCUT2D eigenvalue weighted by atomic mass is 10.1. The van der Waals surface area contributed by atoms with Gasteiger partial charge in [-0.1, -0.05) is 6.07 Å². The first-order valence-electron chi connectivity index (χ1n) is 7.63. The summed E-state index contributed by atoms with van der Waals surface area (Å²) in [5, 5.41) is 6.25. The summed E-state index contributed by atoms with van der Waals surface area (Å²) in [4.78, 5) is 14.1. The molecule has 0 radical (unpaired) electrons. The molecule has 0 bridgehead atoms. The lowest BCUT2D eigenvalue weighted by molar-refractivity contribution is -0.122. The van der Waals surface area contributed by atoms with Crippen LogP contribution in [-0.4, -0.2) is 64.3 Å². The minimum absolute atomic E-state index is 0. The summed E-state index contributed by atoms with van der Waals surface area (Å²) < 4.78 is 10.5. The maximum atomic E-state index is 11.9. The van der Waals surface area contributed by atoms with Gasteiger partial charge in [-0.25, -0.2) is 0 Å². The normalized spacial score (nSPS) is 14.1. The summed E-state index contributed by atoms with van der Waals surface area (Å²) in [5.41, 5.74) is 1.11. The Labute approximate surface area is 156 Å². The van der Waals surface area contributed by atoms with E-state index in [0.29, 0.717) is 24.6 Å². The van der Waals surface area contributed by atoms with E-state index in [4.69, 9.17) is 9.47 Å². The van der Waals surface area contributed by atoms with Crippen molar-refractivity contribution in [2.45, 2.75) is 6.42 Å². The zero-order valence-corrected chi connectivity index (χ0v) is 15.8. The second-order valence-electron chi connectivity index (χ2n) is 5.32. The van der Waals surface area contributed by atoms with Crippen molar-refractivity contribution in [3.8, 4) is 11.5 Å². The Morgan fingerprint density at radius 3 is 2.46 bits per heavy atom. The molecule has 1 aromatic carbocycles. The van der Waals surface area contributed by atoms with E-state index in [9.17, 15) is 4.79 Å². The van der Waals surface area contributed by atoms with Crippen LogP contribution in [0.25, 0.3) is 0 Å². The maximum Gasteiger partial charge on any atom is 0.234 e. The average molecular weight is 380 g/mol. The molecular weight excluding hydrogens is 353 g/mol. The van der Waals surface area contributed by atoms with Crippen LogP contribution in [0.15, 0.2) is 18.2 Å². The first-order valence-corrected chi connectivity index (χ1v) is 7.63. The Morgan fingerprint density at radius 1 is 1.17 bits per heavy atom. The number of nitrogens with zero attached hydrogens (tertiary/aromatic N) is 1. The molecule has 0 aliphatic carbocycles. The van der Waals surface area contributed by atoms with Gasteiger partial charge in [0.2, 0.25) is 5.91 Å². The molecular formula is C16H27Cl2N3O3. The van der Waals surface area contributed by atoms with Gasteiger partial charge in [0.15, 0.2) is 11.5 Å². The van der Waals surface area contributed by atoms with E-state index in [2.05, 4.69) is 15.5 Å². The predicted molar refractivity (Wildman–Crippen MR) is 100 cm³/mol. The Bertz CT molecular complexity index is 497. The molecule has 1 aliphatic heterocycles. The van der Waals surface area contributed by atoms with Gasteiger partial charge in [-0.3, -0.25) is 9.69 Å². The summed E-state index contributed by atoms with van der Waals surface area (Å²) in [6.45, 7) is 4.89. The molecule has 1 aliphatic rings. The van der Waals surface area contributed by atoms with E-state index < -0.39 is 0 Å². The van der Waals surface area contributed by atoms with Crippen molar-refractivity contribution in [2.75, 3.05) is 53.5 Å². The van der Waals surface area contributed by atoms with Crippen molar-refractivity contribution >= 4 is 30.7 Å². The van der Waals surface area contributed by atoms with Crippen molar-refractivity contribution < 1.29 is 14.3 Å². The average Bonchev–Trinajstić information content (AvgIpc) is 2.55. The van der Waals surface area contributed by atoms with Crippen LogP contribution in [0.2, 0.25) is 0 Å². The van der Waals surface area contributed by atoms with Crippen LogP contribution < -0.4 is 20.1 Å². The van der Waals surface area contributed by atoms with Gasteiger partial charge in [0, 0.05) is 32.7 Å². The highest BCUT2D eigenvalue weighted by molar-refractivity contribution is 5.85. The highest BCUT2D eigenvalue weighted by Crippen LogP contribution is 2.27. The van der Waals surface area contributed by atoms with Crippen LogP contribution in [0.1, 0.15) is 5.56 Å². The Morgan fingerprint density at radius 2 is 1.83 bits per heavy atom. The van der Waals surface area contributed by atoms with Crippen molar-refractivity contribution in [2.24, 2.45) is 0 Å². The van der Waals surface area contributed by atoms with Crippen LogP contribution in [-0.2, 0) is 11.2 Å². The van der Waals surface area contributed by atoms with E-state index >= 15 is 0 Å². The summed E-state index contributed by atoms with van der Waals surface area (Å²) in [7, 11) is 3.24. The number of carbonyl (C=O) groups is 1. The molecule has 0 unspecified atom stereocenters. The number of piperazine rings is 1. The number of rotatable bonds is 7. The van der Waals surface area contributed by atoms with Crippen molar-refractivity contribution in [3.63, 3.8) is 0 Å². The molecule has 1 fully saturated rings. The van der Waals surface area contributed by atoms with Gasteiger partial charge in [0.1, 0.15) is 0 Å². The molecule has 138 valence electrons. The van der Waals surface area contributed by atoms with E-state index in [1.807, 2.05) is 18.2 Å². The SMILES string of the molecule is COc1ccc(CCNC(=O)CN2CCNCC2)cc1OC.Cl.Cl. The topological polar surface area (TPSA) is 62.8 Å². The van der Waals surface area contributed by atoms with Crippen LogP contribution in [0.5, 0.6) is 11.5 Å². The summed E-state index contributed by atoms with van der Waals surface area (Å²) in [6, 6.07) is 5.82. The van der Waals surface area contributed by atoms with Gasteiger partial charge < -0.3 is 20.1 Å². The summed E-state index contributed by atoms with van der Waals surface area (Å²) in [6.07, 6.45) is 0.771. The number of benzene rings is 1. The van der Waals surface area contributed by atoms with Gasteiger partial charge in [0.05, 0.1) is 20.8 Å². The number of hydrogen-bond donors (Lipinski definition) is 2. The number of amides is 1. The lowest BCUT2D eigenvalue weighted by Gasteiger charge is -2.26. The predicted octanol–water partition coefficient (Wildman–Crippen LogP) is 1.11. The number of ether oxygens (including phenoxy) is 2. The first kappa shape index (κ1) is 22.8. The smallest absolute Gasteiger partial charge is 0.234 e. The molecule has 6 nitrogen and oxygen atoms in total. The molecule has 1 saturated heterocycles. The van der Waals surface area contributed by atoms with Gasteiger partial charge in [-0.05, 0) is 24.1 Å². The number of methoxy groups -OCH3 is 2. The van der Waals surface area contributed by atoms with Crippen LogP contribution >= 0.6 is 24.8 Å². The number of nitrogens with one attached hydrogen (secondary N) is 2. The maximum absolute atomic E-state index is 11.9. The van der Waals surface area contributed by atoms with Gasteiger partial charge >= 0.3 is 0 Å². The van der Waals surface area contributed by atoms with E-state index in [-0.39, 0.29) is 30.7 Å². The zero-order valence-electron chi connectivity index (χ0n) is 14.2. The van der Waals surface area contributed by atoms with Crippen molar-refractivity contribution in [3.05, 3.63) is 23.8 Å². The van der Waals surface area contributed by atoms with E-state index in [0.717, 1.165) is 38.2 Å². The summed E-state index contributed by atoms with van der Waals surface area (Å²) >= 11 is 0. The molecule has 0 saturated carbocycles. The van der Waals surface area contributed by atoms with Crippen molar-refractivity contribution in [1.29, 1.82) is 0 Å². The fourth-order valence-corrected chi connectivity index (χ4v) is 2.51. The molecule has 0 aromatic heterocycles. The third-order valence-electron chi connectivity index (χ3n) is 3.76. The van der Waals surface area contributed by atoms with Crippen LogP contribution in [0.3, 0.4) is 0 Å². The minimum Gasteiger partial charge on any atom is -0.493 e. The molecule has 24 heavy (non-hydrogen) atoms. The molecule has 0 spiro atoms. The Kier molecular flexibility index (Phi) is 11.6. The number of halogens is 2. The third kappa shape index (κ3) is 7.13. The highest BCUT2D eigenvalue weighted by atomic mass is 35.5. The number of carbonyl (C=O) groups excluding carboxylic acids is 1. The molecule has 1 heterocycles. The molecule has 2 rings (SSSR count). The lowest BCUT2D eigenvalue weighted by Crippen LogP contribution is -2.47. The second kappa shape index (κ2) is 12.2. The fraction of sp³-hybridized carbons (Fsp3) is 0.562. The minimum atomic E-state index is 0. The second-order valence-corrected chi connectivity index (χ2v) is 5.32. The Hall–Kier alpha value is -1.21. The van der Waals surface area contributed by atoms with E-state index in [1.54, 1.807) is 14.2 Å². The first-order chi connectivity index (χ1) is 10.7. The fourth-order valence-electron chi connectivity index (χ4n) is 2.51. The molecule has 8 heteroatoms. The van der Waals surface area contributed by atoms with Crippen molar-refractivity contribution in [1.82, 2.24) is 15.5 Å². The standard InChI is InChI=1S/C16H25N3O3.2ClH/c1-21-14-4-3-13(11-15(14)22-2)5-6-18-16(20)12-19-9-7-17-8-10-19;;/h3-4,11,17H,5-10,12H2,1-2H3,(H,18,20);2*1H. The summed E-state index contributed by atoms with van der Waals surface area (Å²) in [5.74, 6) is 1.52. The third-order valence-corrected chi connectivity index (χ3v) is 3.76. The number of hydrogen-bond acceptors (Lipinski definition) is 5. The van der Waals surface area contributed by atoms with E-state index in [1.165, 1.54) is 0 Å². The van der Waals surface area contributed by atoms with Gasteiger partial charge in [0.25, 0.3) is 0 Å².